The highest BCUT2D eigenvalue weighted by Gasteiger charge is 2.13. The molecule has 0 aliphatic heterocycles. The summed E-state index contributed by atoms with van der Waals surface area (Å²) in [5.74, 6) is 0.261. The van der Waals surface area contributed by atoms with Crippen molar-refractivity contribution in [2.45, 2.75) is 13.3 Å². The first kappa shape index (κ1) is 12.4. The molecule has 0 fully saturated rings. The predicted octanol–water partition coefficient (Wildman–Crippen LogP) is 4.69. The van der Waals surface area contributed by atoms with Crippen LogP contribution in [0, 0.1) is 5.82 Å². The topological polar surface area (TPSA) is 28.7 Å². The molecule has 0 amide bonds. The van der Waals surface area contributed by atoms with Crippen LogP contribution in [0.1, 0.15) is 12.5 Å². The summed E-state index contributed by atoms with van der Waals surface area (Å²) in [5, 5.41) is 0. The van der Waals surface area contributed by atoms with Crippen molar-refractivity contribution in [3.8, 4) is 11.4 Å². The van der Waals surface area contributed by atoms with Crippen molar-refractivity contribution < 1.29 is 4.39 Å². The van der Waals surface area contributed by atoms with E-state index >= 15 is 0 Å². The van der Waals surface area contributed by atoms with Gasteiger partial charge in [0.2, 0.25) is 0 Å². The fraction of sp³-hybridized carbons (Fsp3) is 0.133. The number of halogens is 2. The van der Waals surface area contributed by atoms with Crippen LogP contribution in [0.2, 0.25) is 0 Å². The monoisotopic (exact) mass is 318 g/mol. The van der Waals surface area contributed by atoms with Crippen molar-refractivity contribution >= 4 is 27.0 Å². The zero-order valence-electron chi connectivity index (χ0n) is 10.4. The maximum Gasteiger partial charge on any atom is 0.142 e. The number of benzene rings is 2. The van der Waals surface area contributed by atoms with Gasteiger partial charge in [0.15, 0.2) is 0 Å². The maximum absolute atomic E-state index is 13.9. The number of nitrogens with zero attached hydrogens (tertiary/aromatic N) is 1. The fourth-order valence-electron chi connectivity index (χ4n) is 2.12. The Morgan fingerprint density at radius 1 is 1.26 bits per heavy atom. The molecule has 1 N–H and O–H groups in total. The summed E-state index contributed by atoms with van der Waals surface area (Å²) >= 11 is 3.37. The van der Waals surface area contributed by atoms with E-state index in [1.807, 2.05) is 18.2 Å². The fourth-order valence-corrected chi connectivity index (χ4v) is 2.65. The number of hydrogen-bond acceptors (Lipinski definition) is 1. The number of aromatic nitrogens is 2. The van der Waals surface area contributed by atoms with E-state index in [4.69, 9.17) is 0 Å². The van der Waals surface area contributed by atoms with Gasteiger partial charge < -0.3 is 4.98 Å². The summed E-state index contributed by atoms with van der Waals surface area (Å²) in [6.07, 6.45) is 0.966. The van der Waals surface area contributed by atoms with Crippen LogP contribution in [-0.4, -0.2) is 9.97 Å². The largest absolute Gasteiger partial charge is 0.338 e. The predicted molar refractivity (Wildman–Crippen MR) is 78.6 cm³/mol. The Hall–Kier alpha value is -1.68. The lowest BCUT2D eigenvalue weighted by atomic mass is 10.1. The number of fused-ring (bicyclic) bond motifs is 1. The molecule has 0 atom stereocenters. The average molecular weight is 319 g/mol. The normalized spacial score (nSPS) is 11.1. The minimum absolute atomic E-state index is 0.288. The van der Waals surface area contributed by atoms with Gasteiger partial charge in [-0.25, -0.2) is 9.37 Å². The Morgan fingerprint density at radius 3 is 2.84 bits per heavy atom. The zero-order chi connectivity index (χ0) is 13.4. The van der Waals surface area contributed by atoms with Crippen LogP contribution in [-0.2, 0) is 6.42 Å². The second-order valence-electron chi connectivity index (χ2n) is 4.39. The molecule has 0 saturated heterocycles. The zero-order valence-corrected chi connectivity index (χ0v) is 12.0. The lowest BCUT2D eigenvalue weighted by Gasteiger charge is -2.01. The molecular formula is C15H12BrFN2. The van der Waals surface area contributed by atoms with E-state index in [2.05, 4.69) is 38.9 Å². The highest BCUT2D eigenvalue weighted by molar-refractivity contribution is 9.10. The van der Waals surface area contributed by atoms with Gasteiger partial charge in [0.25, 0.3) is 0 Å². The Balaban J connectivity index is 2.21. The molecule has 3 rings (SSSR count). The van der Waals surface area contributed by atoms with E-state index in [-0.39, 0.29) is 5.82 Å². The molecule has 0 radical (unpaired) electrons. The van der Waals surface area contributed by atoms with Crippen molar-refractivity contribution in [2.75, 3.05) is 0 Å². The van der Waals surface area contributed by atoms with Crippen LogP contribution >= 0.6 is 15.9 Å². The van der Waals surface area contributed by atoms with Gasteiger partial charge in [-0.1, -0.05) is 19.1 Å². The second-order valence-corrected chi connectivity index (χ2v) is 5.24. The van der Waals surface area contributed by atoms with Crippen molar-refractivity contribution in [1.29, 1.82) is 0 Å². The molecule has 3 aromatic rings. The smallest absolute Gasteiger partial charge is 0.142 e. The third-order valence-electron chi connectivity index (χ3n) is 3.15. The van der Waals surface area contributed by atoms with Crippen molar-refractivity contribution in [2.24, 2.45) is 0 Å². The van der Waals surface area contributed by atoms with Gasteiger partial charge in [-0.3, -0.25) is 0 Å². The molecule has 96 valence electrons. The quantitative estimate of drug-likeness (QED) is 0.729. The van der Waals surface area contributed by atoms with E-state index in [9.17, 15) is 4.39 Å². The number of H-pyrrole nitrogens is 1. The molecule has 1 heterocycles. The average Bonchev–Trinajstić information content (AvgIpc) is 2.80. The van der Waals surface area contributed by atoms with E-state index in [0.717, 1.165) is 17.5 Å². The van der Waals surface area contributed by atoms with Gasteiger partial charge in [0, 0.05) is 4.47 Å². The third kappa shape index (κ3) is 2.16. The molecule has 0 bridgehead atoms. The van der Waals surface area contributed by atoms with Gasteiger partial charge in [0.05, 0.1) is 16.6 Å². The Morgan fingerprint density at radius 2 is 2.11 bits per heavy atom. The molecule has 2 aromatic carbocycles. The molecule has 0 unspecified atom stereocenters. The molecule has 0 saturated carbocycles. The molecule has 4 heteroatoms. The molecule has 2 nitrogen and oxygen atoms in total. The minimum Gasteiger partial charge on any atom is -0.338 e. The summed E-state index contributed by atoms with van der Waals surface area (Å²) in [6, 6.07) is 11.0. The summed E-state index contributed by atoms with van der Waals surface area (Å²) in [5.41, 5.74) is 3.49. The SMILES string of the molecule is CCc1ccc2nc(-c3c(F)cccc3Br)[nH]c2c1. The van der Waals surface area contributed by atoms with Gasteiger partial charge >= 0.3 is 0 Å². The number of imidazole rings is 1. The Bertz CT molecular complexity index is 729. The summed E-state index contributed by atoms with van der Waals surface area (Å²) in [7, 11) is 0. The van der Waals surface area contributed by atoms with Crippen LogP contribution in [0.25, 0.3) is 22.4 Å². The number of nitrogens with one attached hydrogen (secondary N) is 1. The molecule has 1 aromatic heterocycles. The highest BCUT2D eigenvalue weighted by Crippen LogP contribution is 2.30. The van der Waals surface area contributed by atoms with Crippen LogP contribution < -0.4 is 0 Å². The van der Waals surface area contributed by atoms with Crippen LogP contribution in [0.5, 0.6) is 0 Å². The number of rotatable bonds is 2. The molecule has 0 aliphatic rings. The lowest BCUT2D eigenvalue weighted by Crippen LogP contribution is -1.87. The first-order valence-electron chi connectivity index (χ1n) is 6.12. The van der Waals surface area contributed by atoms with E-state index < -0.39 is 0 Å². The van der Waals surface area contributed by atoms with E-state index in [1.165, 1.54) is 11.6 Å². The molecule has 0 aliphatic carbocycles. The molecule has 19 heavy (non-hydrogen) atoms. The Kier molecular flexibility index (Phi) is 3.11. The summed E-state index contributed by atoms with van der Waals surface area (Å²) < 4.78 is 14.6. The van der Waals surface area contributed by atoms with Gasteiger partial charge in [-0.05, 0) is 52.2 Å². The van der Waals surface area contributed by atoms with Gasteiger partial charge in [-0.15, -0.1) is 0 Å². The Labute approximate surface area is 118 Å². The highest BCUT2D eigenvalue weighted by atomic mass is 79.9. The number of aromatic amines is 1. The van der Waals surface area contributed by atoms with Crippen molar-refractivity contribution in [1.82, 2.24) is 9.97 Å². The maximum atomic E-state index is 13.9. The van der Waals surface area contributed by atoms with E-state index in [0.29, 0.717) is 15.9 Å². The van der Waals surface area contributed by atoms with Crippen LogP contribution in [0.15, 0.2) is 40.9 Å². The summed E-state index contributed by atoms with van der Waals surface area (Å²) in [6.45, 7) is 2.10. The van der Waals surface area contributed by atoms with Crippen LogP contribution in [0.4, 0.5) is 4.39 Å². The first-order valence-corrected chi connectivity index (χ1v) is 6.91. The van der Waals surface area contributed by atoms with Crippen LogP contribution in [0.3, 0.4) is 0 Å². The number of hydrogen-bond donors (Lipinski definition) is 1. The summed E-state index contributed by atoms with van der Waals surface area (Å²) in [4.78, 5) is 7.64. The lowest BCUT2D eigenvalue weighted by molar-refractivity contribution is 0.629. The molecular weight excluding hydrogens is 307 g/mol. The van der Waals surface area contributed by atoms with E-state index in [1.54, 1.807) is 6.07 Å². The van der Waals surface area contributed by atoms with Gasteiger partial charge in [0.1, 0.15) is 11.6 Å². The van der Waals surface area contributed by atoms with Gasteiger partial charge in [-0.2, -0.15) is 0 Å². The first-order chi connectivity index (χ1) is 9.19. The standard InChI is InChI=1S/C15H12BrFN2/c1-2-9-6-7-12-13(8-9)19-15(18-12)14-10(16)4-3-5-11(14)17/h3-8H,2H2,1H3,(H,18,19). The van der Waals surface area contributed by atoms with Crippen molar-refractivity contribution in [3.63, 3.8) is 0 Å². The van der Waals surface area contributed by atoms with Crippen molar-refractivity contribution in [3.05, 3.63) is 52.3 Å². The number of aryl methyl sites for hydroxylation is 1. The second kappa shape index (κ2) is 4.78. The third-order valence-corrected chi connectivity index (χ3v) is 3.81. The minimum atomic E-state index is -0.288. The molecule has 0 spiro atoms.